The van der Waals surface area contributed by atoms with Gasteiger partial charge in [0.1, 0.15) is 11.6 Å². The van der Waals surface area contributed by atoms with Crippen molar-refractivity contribution in [3.63, 3.8) is 0 Å². The number of rotatable bonds is 6. The second-order valence-corrected chi connectivity index (χ2v) is 7.78. The first-order valence-electron chi connectivity index (χ1n) is 10.3. The van der Waals surface area contributed by atoms with Crippen molar-refractivity contribution < 1.29 is 23.2 Å². The van der Waals surface area contributed by atoms with Gasteiger partial charge in [-0.1, -0.05) is 12.8 Å². The zero-order valence-electron chi connectivity index (χ0n) is 16.4. The molecular weight excluding hydrogens is 380 g/mol. The number of hydrogen-bond acceptors (Lipinski definition) is 3. The van der Waals surface area contributed by atoms with Crippen molar-refractivity contribution in [1.82, 2.24) is 15.5 Å². The first-order chi connectivity index (χ1) is 13.9. The van der Waals surface area contributed by atoms with E-state index in [1.165, 1.54) is 4.90 Å². The number of hydrogen-bond donors (Lipinski definition) is 2. The van der Waals surface area contributed by atoms with Crippen molar-refractivity contribution in [3.05, 3.63) is 35.4 Å². The molecule has 158 valence electrons. The summed E-state index contributed by atoms with van der Waals surface area (Å²) >= 11 is 0. The molecule has 3 amide bonds. The van der Waals surface area contributed by atoms with Crippen LogP contribution in [0.4, 0.5) is 8.78 Å². The number of halogens is 2. The molecule has 1 aromatic rings. The Kier molecular flexibility index (Phi) is 7.17. The van der Waals surface area contributed by atoms with Crippen LogP contribution >= 0.6 is 0 Å². The summed E-state index contributed by atoms with van der Waals surface area (Å²) in [7, 11) is 0. The van der Waals surface area contributed by atoms with Crippen LogP contribution < -0.4 is 10.6 Å². The molecule has 6 nitrogen and oxygen atoms in total. The molecule has 1 aliphatic carbocycles. The normalized spacial score (nSPS) is 17.9. The molecule has 1 saturated carbocycles. The highest BCUT2D eigenvalue weighted by Crippen LogP contribution is 2.21. The molecule has 1 saturated heterocycles. The van der Waals surface area contributed by atoms with E-state index in [-0.39, 0.29) is 42.3 Å². The zero-order valence-corrected chi connectivity index (χ0v) is 16.4. The predicted molar refractivity (Wildman–Crippen MR) is 103 cm³/mol. The Morgan fingerprint density at radius 2 is 1.72 bits per heavy atom. The minimum atomic E-state index is -0.884. The fraction of sp³-hybridized carbons (Fsp3) is 0.571. The molecule has 2 N–H and O–H groups in total. The molecular formula is C21H27F2N3O3. The fourth-order valence-electron chi connectivity index (χ4n) is 3.99. The van der Waals surface area contributed by atoms with Crippen molar-refractivity contribution in [2.45, 2.75) is 51.0 Å². The Bertz CT molecular complexity index is 758. The standard InChI is InChI=1S/C21H27F2N3O3/c22-15-5-6-17(18(23)13-15)21(29)26-11-8-14(9-12-26)20(28)24-10-7-19(27)25-16-3-1-2-4-16/h5-6,13-14,16H,1-4,7-12H2,(H,24,28)(H,25,27). The maximum absolute atomic E-state index is 13.8. The molecule has 8 heteroatoms. The predicted octanol–water partition coefficient (Wildman–Crippen LogP) is 2.38. The maximum Gasteiger partial charge on any atom is 0.256 e. The van der Waals surface area contributed by atoms with E-state index >= 15 is 0 Å². The molecule has 2 fully saturated rings. The maximum atomic E-state index is 13.8. The third-order valence-corrected chi connectivity index (χ3v) is 5.69. The van der Waals surface area contributed by atoms with E-state index in [1.54, 1.807) is 0 Å². The summed E-state index contributed by atoms with van der Waals surface area (Å²) < 4.78 is 26.8. The van der Waals surface area contributed by atoms with Gasteiger partial charge in [0.2, 0.25) is 11.8 Å². The highest BCUT2D eigenvalue weighted by molar-refractivity contribution is 5.94. The quantitative estimate of drug-likeness (QED) is 0.760. The number of carbonyl (C=O) groups is 3. The number of nitrogens with zero attached hydrogens (tertiary/aromatic N) is 1. The Morgan fingerprint density at radius 1 is 1.03 bits per heavy atom. The molecule has 0 spiro atoms. The van der Waals surface area contributed by atoms with Gasteiger partial charge in [0, 0.05) is 44.1 Å². The first kappa shape index (κ1) is 21.2. The smallest absolute Gasteiger partial charge is 0.256 e. The second kappa shape index (κ2) is 9.80. The van der Waals surface area contributed by atoms with Crippen LogP contribution in [-0.4, -0.2) is 48.3 Å². The molecule has 0 aromatic heterocycles. The molecule has 1 heterocycles. The Balaban J connectivity index is 1.38. The van der Waals surface area contributed by atoms with Crippen molar-refractivity contribution in [2.24, 2.45) is 5.92 Å². The summed E-state index contributed by atoms with van der Waals surface area (Å²) in [6, 6.07) is 3.16. The van der Waals surface area contributed by atoms with Gasteiger partial charge in [-0.05, 0) is 37.8 Å². The van der Waals surface area contributed by atoms with Gasteiger partial charge in [-0.25, -0.2) is 8.78 Å². The average Bonchev–Trinajstić information content (AvgIpc) is 3.20. The minimum absolute atomic E-state index is 0.0426. The number of nitrogens with one attached hydrogen (secondary N) is 2. The Morgan fingerprint density at radius 3 is 2.38 bits per heavy atom. The molecule has 3 rings (SSSR count). The van der Waals surface area contributed by atoms with Gasteiger partial charge in [-0.2, -0.15) is 0 Å². The fourth-order valence-corrected chi connectivity index (χ4v) is 3.99. The van der Waals surface area contributed by atoms with Gasteiger partial charge in [-0.15, -0.1) is 0 Å². The molecule has 0 bridgehead atoms. The zero-order chi connectivity index (χ0) is 20.8. The summed E-state index contributed by atoms with van der Waals surface area (Å²) in [5.41, 5.74) is -0.164. The van der Waals surface area contributed by atoms with Crippen LogP contribution in [0.15, 0.2) is 18.2 Å². The summed E-state index contributed by atoms with van der Waals surface area (Å²) in [5.74, 6) is -2.52. The number of carbonyl (C=O) groups excluding carboxylic acids is 3. The monoisotopic (exact) mass is 407 g/mol. The van der Waals surface area contributed by atoms with E-state index < -0.39 is 17.5 Å². The van der Waals surface area contributed by atoms with Crippen LogP contribution in [-0.2, 0) is 9.59 Å². The van der Waals surface area contributed by atoms with Gasteiger partial charge < -0.3 is 15.5 Å². The van der Waals surface area contributed by atoms with E-state index in [4.69, 9.17) is 0 Å². The number of benzene rings is 1. The van der Waals surface area contributed by atoms with Gasteiger partial charge in [-0.3, -0.25) is 14.4 Å². The Labute approximate surface area is 169 Å². The largest absolute Gasteiger partial charge is 0.355 e. The molecule has 1 aromatic carbocycles. The van der Waals surface area contributed by atoms with E-state index in [1.807, 2.05) is 0 Å². The number of likely N-dealkylation sites (tertiary alicyclic amines) is 1. The highest BCUT2D eigenvalue weighted by Gasteiger charge is 2.29. The summed E-state index contributed by atoms with van der Waals surface area (Å²) in [6.07, 6.45) is 5.54. The Hall–Kier alpha value is -2.51. The van der Waals surface area contributed by atoms with Gasteiger partial charge in [0.05, 0.1) is 5.56 Å². The highest BCUT2D eigenvalue weighted by atomic mass is 19.1. The average molecular weight is 407 g/mol. The molecule has 2 aliphatic rings. The lowest BCUT2D eigenvalue weighted by Crippen LogP contribution is -2.44. The van der Waals surface area contributed by atoms with Crippen LogP contribution in [0.25, 0.3) is 0 Å². The van der Waals surface area contributed by atoms with Crippen molar-refractivity contribution in [3.8, 4) is 0 Å². The van der Waals surface area contributed by atoms with Crippen LogP contribution in [0.2, 0.25) is 0 Å². The van der Waals surface area contributed by atoms with Gasteiger partial charge in [0.15, 0.2) is 0 Å². The lowest BCUT2D eigenvalue weighted by Gasteiger charge is -2.31. The summed E-state index contributed by atoms with van der Waals surface area (Å²) in [4.78, 5) is 38.1. The van der Waals surface area contributed by atoms with Crippen molar-refractivity contribution in [1.29, 1.82) is 0 Å². The van der Waals surface area contributed by atoms with Crippen molar-refractivity contribution >= 4 is 17.7 Å². The molecule has 1 aliphatic heterocycles. The van der Waals surface area contributed by atoms with E-state index in [0.717, 1.165) is 37.8 Å². The minimum Gasteiger partial charge on any atom is -0.355 e. The summed E-state index contributed by atoms with van der Waals surface area (Å²) in [6.45, 7) is 0.948. The first-order valence-corrected chi connectivity index (χ1v) is 10.3. The van der Waals surface area contributed by atoms with E-state index in [0.29, 0.717) is 32.0 Å². The summed E-state index contributed by atoms with van der Waals surface area (Å²) in [5, 5.41) is 5.78. The van der Waals surface area contributed by atoms with E-state index in [2.05, 4.69) is 10.6 Å². The SMILES string of the molecule is O=C(CCNC(=O)C1CCN(C(=O)c2ccc(F)cc2F)CC1)NC1CCCC1. The molecule has 0 atom stereocenters. The van der Waals surface area contributed by atoms with Crippen LogP contribution in [0.5, 0.6) is 0 Å². The molecule has 0 radical (unpaired) electrons. The number of amides is 3. The van der Waals surface area contributed by atoms with Crippen molar-refractivity contribution in [2.75, 3.05) is 19.6 Å². The third kappa shape index (κ3) is 5.74. The third-order valence-electron chi connectivity index (χ3n) is 5.69. The second-order valence-electron chi connectivity index (χ2n) is 7.78. The van der Waals surface area contributed by atoms with Crippen LogP contribution in [0.1, 0.15) is 55.3 Å². The lowest BCUT2D eigenvalue weighted by molar-refractivity contribution is -0.126. The molecule has 29 heavy (non-hydrogen) atoms. The van der Waals surface area contributed by atoms with Gasteiger partial charge in [0.25, 0.3) is 5.91 Å². The van der Waals surface area contributed by atoms with Crippen LogP contribution in [0.3, 0.4) is 0 Å². The lowest BCUT2D eigenvalue weighted by atomic mass is 9.95. The number of piperidine rings is 1. The van der Waals surface area contributed by atoms with Gasteiger partial charge >= 0.3 is 0 Å². The van der Waals surface area contributed by atoms with E-state index in [9.17, 15) is 23.2 Å². The van der Waals surface area contributed by atoms with Crippen LogP contribution in [0, 0.1) is 17.6 Å². The molecule has 0 unspecified atom stereocenters. The topological polar surface area (TPSA) is 78.5 Å².